The highest BCUT2D eigenvalue weighted by atomic mass is 79.9. The highest BCUT2D eigenvalue weighted by Gasteiger charge is 2.35. The number of rotatable bonds is 4. The fraction of sp³-hybridized carbons (Fsp3) is 0.263. The smallest absolute Gasteiger partial charge is 0.229 e. The summed E-state index contributed by atoms with van der Waals surface area (Å²) in [5.74, 6) is 0.121. The molecule has 1 N–H and O–H groups in total. The zero-order valence-electron chi connectivity index (χ0n) is 14.1. The number of methoxy groups -OCH3 is 1. The molecule has 0 aliphatic carbocycles. The van der Waals surface area contributed by atoms with E-state index < -0.39 is 0 Å². The van der Waals surface area contributed by atoms with E-state index in [1.807, 2.05) is 43.3 Å². The summed E-state index contributed by atoms with van der Waals surface area (Å²) in [6, 6.07) is 13.0. The van der Waals surface area contributed by atoms with Crippen LogP contribution in [0.4, 0.5) is 11.4 Å². The number of aryl methyl sites for hydroxylation is 1. The summed E-state index contributed by atoms with van der Waals surface area (Å²) in [4.78, 5) is 26.6. The van der Waals surface area contributed by atoms with Crippen molar-refractivity contribution in [3.63, 3.8) is 0 Å². The number of carbonyl (C=O) groups is 2. The van der Waals surface area contributed by atoms with E-state index in [1.54, 1.807) is 18.1 Å². The lowest BCUT2D eigenvalue weighted by molar-refractivity contribution is -0.122. The summed E-state index contributed by atoms with van der Waals surface area (Å²) < 4.78 is 6.17. The number of halogens is 1. The SMILES string of the molecule is COc1cccc(N2CC(C(=O)Nc3ccc(Br)cc3C)CC2=O)c1. The van der Waals surface area contributed by atoms with Crippen LogP contribution >= 0.6 is 15.9 Å². The highest BCUT2D eigenvalue weighted by Crippen LogP contribution is 2.29. The van der Waals surface area contributed by atoms with E-state index in [-0.39, 0.29) is 24.2 Å². The molecule has 5 nitrogen and oxygen atoms in total. The topological polar surface area (TPSA) is 58.6 Å². The molecule has 1 fully saturated rings. The molecule has 0 bridgehead atoms. The van der Waals surface area contributed by atoms with Gasteiger partial charge in [0, 0.05) is 34.9 Å². The molecule has 25 heavy (non-hydrogen) atoms. The van der Waals surface area contributed by atoms with Crippen LogP contribution in [0, 0.1) is 12.8 Å². The fourth-order valence-electron chi connectivity index (χ4n) is 2.91. The lowest BCUT2D eigenvalue weighted by atomic mass is 10.1. The van der Waals surface area contributed by atoms with E-state index in [2.05, 4.69) is 21.2 Å². The van der Waals surface area contributed by atoms with Crippen LogP contribution in [0.3, 0.4) is 0 Å². The molecule has 1 saturated heterocycles. The summed E-state index contributed by atoms with van der Waals surface area (Å²) in [5.41, 5.74) is 2.48. The molecule has 2 amide bonds. The first kappa shape index (κ1) is 17.5. The minimum atomic E-state index is -0.373. The molecule has 1 aliphatic rings. The minimum Gasteiger partial charge on any atom is -0.497 e. The number of ether oxygens (including phenoxy) is 1. The van der Waals surface area contributed by atoms with E-state index in [4.69, 9.17) is 4.74 Å². The van der Waals surface area contributed by atoms with Gasteiger partial charge in [0.15, 0.2) is 0 Å². The molecular formula is C19H19BrN2O3. The monoisotopic (exact) mass is 402 g/mol. The van der Waals surface area contributed by atoms with Crippen molar-refractivity contribution in [2.75, 3.05) is 23.9 Å². The molecule has 2 aromatic carbocycles. The molecule has 1 heterocycles. The zero-order valence-corrected chi connectivity index (χ0v) is 15.7. The van der Waals surface area contributed by atoms with Crippen molar-refractivity contribution in [1.29, 1.82) is 0 Å². The Morgan fingerprint density at radius 1 is 1.28 bits per heavy atom. The Labute approximate surface area is 155 Å². The zero-order chi connectivity index (χ0) is 18.0. The maximum Gasteiger partial charge on any atom is 0.229 e. The van der Waals surface area contributed by atoms with Crippen LogP contribution in [0.15, 0.2) is 46.9 Å². The molecule has 0 spiro atoms. The minimum absolute atomic E-state index is 0.0547. The van der Waals surface area contributed by atoms with Crippen LogP contribution in [0.2, 0.25) is 0 Å². The third-order valence-corrected chi connectivity index (χ3v) is 4.80. The quantitative estimate of drug-likeness (QED) is 0.846. The predicted molar refractivity (Wildman–Crippen MR) is 101 cm³/mol. The normalized spacial score (nSPS) is 16.8. The molecule has 2 aromatic rings. The van der Waals surface area contributed by atoms with Crippen molar-refractivity contribution >= 4 is 39.1 Å². The van der Waals surface area contributed by atoms with Crippen molar-refractivity contribution in [1.82, 2.24) is 0 Å². The third kappa shape index (κ3) is 3.85. The molecule has 1 aliphatic heterocycles. The van der Waals surface area contributed by atoms with Gasteiger partial charge in [0.1, 0.15) is 5.75 Å². The van der Waals surface area contributed by atoms with Gasteiger partial charge in [-0.05, 0) is 42.8 Å². The summed E-state index contributed by atoms with van der Waals surface area (Å²) >= 11 is 3.41. The molecule has 6 heteroatoms. The Morgan fingerprint density at radius 3 is 2.80 bits per heavy atom. The van der Waals surface area contributed by atoms with Gasteiger partial charge >= 0.3 is 0 Å². The Hall–Kier alpha value is -2.34. The molecule has 130 valence electrons. The molecule has 1 unspecified atom stereocenters. The van der Waals surface area contributed by atoms with Crippen LogP contribution in [0.25, 0.3) is 0 Å². The van der Waals surface area contributed by atoms with Crippen molar-refractivity contribution in [3.8, 4) is 5.75 Å². The van der Waals surface area contributed by atoms with Crippen LogP contribution < -0.4 is 15.0 Å². The number of nitrogens with zero attached hydrogens (tertiary/aromatic N) is 1. The Balaban J connectivity index is 1.72. The van der Waals surface area contributed by atoms with Gasteiger partial charge in [-0.2, -0.15) is 0 Å². The lowest BCUT2D eigenvalue weighted by Gasteiger charge is -2.17. The molecule has 0 radical (unpaired) electrons. The molecular weight excluding hydrogens is 384 g/mol. The van der Waals surface area contributed by atoms with Gasteiger partial charge in [0.05, 0.1) is 13.0 Å². The fourth-order valence-corrected chi connectivity index (χ4v) is 3.39. The van der Waals surface area contributed by atoms with Crippen molar-refractivity contribution in [2.24, 2.45) is 5.92 Å². The van der Waals surface area contributed by atoms with Crippen LogP contribution in [-0.4, -0.2) is 25.5 Å². The summed E-state index contributed by atoms with van der Waals surface area (Å²) in [6.07, 6.45) is 0.207. The first-order chi connectivity index (χ1) is 12.0. The second-order valence-corrected chi connectivity index (χ2v) is 6.97. The number of carbonyl (C=O) groups excluding carboxylic acids is 2. The van der Waals surface area contributed by atoms with E-state index in [0.717, 1.165) is 21.4 Å². The Bertz CT molecular complexity index is 822. The summed E-state index contributed by atoms with van der Waals surface area (Å²) in [6.45, 7) is 2.30. The first-order valence-electron chi connectivity index (χ1n) is 7.99. The van der Waals surface area contributed by atoms with E-state index in [0.29, 0.717) is 12.3 Å². The van der Waals surface area contributed by atoms with Gasteiger partial charge in [-0.15, -0.1) is 0 Å². The van der Waals surface area contributed by atoms with E-state index in [9.17, 15) is 9.59 Å². The average Bonchev–Trinajstić information content (AvgIpc) is 2.99. The number of hydrogen-bond acceptors (Lipinski definition) is 3. The predicted octanol–water partition coefficient (Wildman–Crippen LogP) is 3.76. The second-order valence-electron chi connectivity index (χ2n) is 6.06. The highest BCUT2D eigenvalue weighted by molar-refractivity contribution is 9.10. The first-order valence-corrected chi connectivity index (χ1v) is 8.78. The van der Waals surface area contributed by atoms with Gasteiger partial charge in [-0.25, -0.2) is 0 Å². The van der Waals surface area contributed by atoms with E-state index >= 15 is 0 Å². The molecule has 0 saturated carbocycles. The number of anilines is 2. The van der Waals surface area contributed by atoms with Crippen LogP contribution in [0.1, 0.15) is 12.0 Å². The summed E-state index contributed by atoms with van der Waals surface area (Å²) in [5, 5.41) is 2.93. The van der Waals surface area contributed by atoms with Gasteiger partial charge < -0.3 is 15.0 Å². The van der Waals surface area contributed by atoms with Gasteiger partial charge in [0.25, 0.3) is 0 Å². The van der Waals surface area contributed by atoms with Crippen LogP contribution in [-0.2, 0) is 9.59 Å². The number of benzene rings is 2. The average molecular weight is 403 g/mol. The van der Waals surface area contributed by atoms with Crippen LogP contribution in [0.5, 0.6) is 5.75 Å². The molecule has 1 atom stereocenters. The molecule has 3 rings (SSSR count). The maximum atomic E-state index is 12.6. The number of amides is 2. The Kier molecular flexibility index (Phi) is 5.08. The van der Waals surface area contributed by atoms with Gasteiger partial charge in [0.2, 0.25) is 11.8 Å². The van der Waals surface area contributed by atoms with Gasteiger partial charge in [-0.3, -0.25) is 9.59 Å². The number of hydrogen-bond donors (Lipinski definition) is 1. The van der Waals surface area contributed by atoms with Crippen molar-refractivity contribution in [2.45, 2.75) is 13.3 Å². The van der Waals surface area contributed by atoms with Crippen molar-refractivity contribution < 1.29 is 14.3 Å². The second kappa shape index (κ2) is 7.27. The largest absolute Gasteiger partial charge is 0.497 e. The number of nitrogens with one attached hydrogen (secondary N) is 1. The van der Waals surface area contributed by atoms with Crippen molar-refractivity contribution in [3.05, 3.63) is 52.5 Å². The van der Waals surface area contributed by atoms with E-state index in [1.165, 1.54) is 0 Å². The van der Waals surface area contributed by atoms with Gasteiger partial charge in [-0.1, -0.05) is 22.0 Å². The maximum absolute atomic E-state index is 12.6. The third-order valence-electron chi connectivity index (χ3n) is 4.31. The summed E-state index contributed by atoms with van der Waals surface area (Å²) in [7, 11) is 1.59. The Morgan fingerprint density at radius 2 is 2.08 bits per heavy atom. The standard InChI is InChI=1S/C19H19BrN2O3/c1-12-8-14(20)6-7-17(12)21-19(24)13-9-18(23)22(11-13)15-4-3-5-16(10-15)25-2/h3-8,10,13H,9,11H2,1-2H3,(H,21,24). The lowest BCUT2D eigenvalue weighted by Crippen LogP contribution is -2.28. The molecule has 0 aromatic heterocycles.